The third-order valence-electron chi connectivity index (χ3n) is 4.45. The first-order valence-corrected chi connectivity index (χ1v) is 8.43. The fraction of sp³-hybridized carbons (Fsp3) is 0.316. The second-order valence-electron chi connectivity index (χ2n) is 6.07. The van der Waals surface area contributed by atoms with E-state index in [-0.39, 0.29) is 29.8 Å². The van der Waals surface area contributed by atoms with Gasteiger partial charge in [-0.1, -0.05) is 61.3 Å². The van der Waals surface area contributed by atoms with E-state index in [0.717, 1.165) is 11.1 Å². The van der Waals surface area contributed by atoms with E-state index in [1.165, 1.54) is 0 Å². The van der Waals surface area contributed by atoms with Crippen molar-refractivity contribution in [2.75, 3.05) is 0 Å². The van der Waals surface area contributed by atoms with Gasteiger partial charge in [-0.3, -0.25) is 4.79 Å². The second-order valence-corrected chi connectivity index (χ2v) is 6.94. The van der Waals surface area contributed by atoms with Crippen LogP contribution < -0.4 is 0 Å². The Morgan fingerprint density at radius 1 is 0.826 bits per heavy atom. The standard InChI is InChI=1S/C19H18Cl2O2/c1-11-17(22)12(2)19(14-6-4-8-16(21)10-14)23-18(11)13-5-3-7-15(20)9-13/h3-12,18-19H,1-2H3. The maximum Gasteiger partial charge on any atom is 0.144 e. The molecular formula is C19H18Cl2O2. The van der Waals surface area contributed by atoms with Gasteiger partial charge in [0.25, 0.3) is 0 Å². The summed E-state index contributed by atoms with van der Waals surface area (Å²) in [4.78, 5) is 12.7. The summed E-state index contributed by atoms with van der Waals surface area (Å²) in [7, 11) is 0. The highest BCUT2D eigenvalue weighted by molar-refractivity contribution is 6.30. The molecule has 1 aliphatic heterocycles. The van der Waals surface area contributed by atoms with Gasteiger partial charge < -0.3 is 4.74 Å². The minimum atomic E-state index is -0.304. The van der Waals surface area contributed by atoms with Gasteiger partial charge in [0, 0.05) is 21.9 Å². The summed E-state index contributed by atoms with van der Waals surface area (Å²) in [6.45, 7) is 3.83. The molecule has 23 heavy (non-hydrogen) atoms. The average molecular weight is 349 g/mol. The van der Waals surface area contributed by atoms with Gasteiger partial charge >= 0.3 is 0 Å². The molecule has 0 aliphatic carbocycles. The summed E-state index contributed by atoms with van der Waals surface area (Å²) in [6.07, 6.45) is -0.609. The maximum atomic E-state index is 12.7. The SMILES string of the molecule is CC1C(=O)C(C)C(c2cccc(Cl)c2)OC1c1cccc(Cl)c1. The van der Waals surface area contributed by atoms with Crippen LogP contribution in [0.1, 0.15) is 37.2 Å². The zero-order chi connectivity index (χ0) is 16.6. The molecule has 0 N–H and O–H groups in total. The molecule has 1 heterocycles. The van der Waals surface area contributed by atoms with Crippen molar-refractivity contribution in [3.05, 3.63) is 69.7 Å². The highest BCUT2D eigenvalue weighted by atomic mass is 35.5. The molecule has 1 saturated heterocycles. The number of benzene rings is 2. The van der Waals surface area contributed by atoms with E-state index in [0.29, 0.717) is 10.0 Å². The number of halogens is 2. The van der Waals surface area contributed by atoms with Gasteiger partial charge in [0.05, 0.1) is 12.2 Å². The van der Waals surface area contributed by atoms with Gasteiger partial charge in [-0.25, -0.2) is 0 Å². The Kier molecular flexibility index (Phi) is 4.77. The lowest BCUT2D eigenvalue weighted by atomic mass is 9.80. The topological polar surface area (TPSA) is 26.3 Å². The molecule has 1 fully saturated rings. The number of carbonyl (C=O) groups is 1. The molecule has 4 atom stereocenters. The zero-order valence-corrected chi connectivity index (χ0v) is 14.5. The minimum Gasteiger partial charge on any atom is -0.364 e. The van der Waals surface area contributed by atoms with E-state index >= 15 is 0 Å². The lowest BCUT2D eigenvalue weighted by Crippen LogP contribution is -2.37. The van der Waals surface area contributed by atoms with Crippen molar-refractivity contribution in [1.82, 2.24) is 0 Å². The Morgan fingerprint density at radius 3 is 1.65 bits per heavy atom. The molecule has 0 saturated carbocycles. The molecule has 3 rings (SSSR count). The Morgan fingerprint density at radius 2 is 1.26 bits per heavy atom. The molecule has 2 aromatic carbocycles. The van der Waals surface area contributed by atoms with Crippen molar-refractivity contribution in [3.8, 4) is 0 Å². The van der Waals surface area contributed by atoms with Crippen LogP contribution in [0.3, 0.4) is 0 Å². The quantitative estimate of drug-likeness (QED) is 0.701. The van der Waals surface area contributed by atoms with Crippen LogP contribution in [0.4, 0.5) is 0 Å². The monoisotopic (exact) mass is 348 g/mol. The van der Waals surface area contributed by atoms with Crippen LogP contribution in [-0.2, 0) is 9.53 Å². The number of hydrogen-bond acceptors (Lipinski definition) is 2. The van der Waals surface area contributed by atoms with Gasteiger partial charge in [-0.2, -0.15) is 0 Å². The number of Topliss-reactive ketones (excluding diaryl/α,β-unsaturated/α-hetero) is 1. The second kappa shape index (κ2) is 6.64. The summed E-state index contributed by atoms with van der Waals surface area (Å²) in [5.74, 6) is -0.219. The van der Waals surface area contributed by atoms with Gasteiger partial charge in [-0.05, 0) is 35.4 Å². The first-order valence-electron chi connectivity index (χ1n) is 7.67. The van der Waals surface area contributed by atoms with Crippen molar-refractivity contribution in [2.45, 2.75) is 26.1 Å². The molecule has 120 valence electrons. The molecule has 0 bridgehead atoms. The molecule has 2 nitrogen and oxygen atoms in total. The van der Waals surface area contributed by atoms with Crippen LogP contribution in [0, 0.1) is 11.8 Å². The predicted octanol–water partition coefficient (Wildman–Crippen LogP) is 5.65. The van der Waals surface area contributed by atoms with Gasteiger partial charge in [0.15, 0.2) is 0 Å². The summed E-state index contributed by atoms with van der Waals surface area (Å²) in [5.41, 5.74) is 1.86. The summed E-state index contributed by atoms with van der Waals surface area (Å²) in [6, 6.07) is 15.0. The first kappa shape index (κ1) is 16.5. The number of rotatable bonds is 2. The van der Waals surface area contributed by atoms with Crippen LogP contribution in [0.5, 0.6) is 0 Å². The fourth-order valence-electron chi connectivity index (χ4n) is 3.21. The van der Waals surface area contributed by atoms with Crippen molar-refractivity contribution in [2.24, 2.45) is 11.8 Å². The van der Waals surface area contributed by atoms with Crippen LogP contribution in [0.25, 0.3) is 0 Å². The molecule has 4 unspecified atom stereocenters. The van der Waals surface area contributed by atoms with Gasteiger partial charge in [0.2, 0.25) is 0 Å². The van der Waals surface area contributed by atoms with Crippen LogP contribution in [0.15, 0.2) is 48.5 Å². The lowest BCUT2D eigenvalue weighted by Gasteiger charge is -2.38. The minimum absolute atomic E-state index is 0.200. The predicted molar refractivity (Wildman–Crippen MR) is 92.8 cm³/mol. The number of hydrogen-bond donors (Lipinski definition) is 0. The molecular weight excluding hydrogens is 331 g/mol. The molecule has 0 spiro atoms. The van der Waals surface area contributed by atoms with E-state index < -0.39 is 0 Å². The zero-order valence-electron chi connectivity index (χ0n) is 13.0. The third-order valence-corrected chi connectivity index (χ3v) is 4.92. The van der Waals surface area contributed by atoms with E-state index in [4.69, 9.17) is 27.9 Å². The molecule has 0 amide bonds. The van der Waals surface area contributed by atoms with Crippen molar-refractivity contribution in [3.63, 3.8) is 0 Å². The lowest BCUT2D eigenvalue weighted by molar-refractivity contribution is -0.157. The Labute approximate surface area is 146 Å². The smallest absolute Gasteiger partial charge is 0.144 e. The number of ketones is 1. The normalized spacial score (nSPS) is 27.9. The first-order chi connectivity index (χ1) is 11.0. The van der Waals surface area contributed by atoms with Crippen LogP contribution in [0.2, 0.25) is 10.0 Å². The van der Waals surface area contributed by atoms with Crippen LogP contribution >= 0.6 is 23.2 Å². The van der Waals surface area contributed by atoms with E-state index in [9.17, 15) is 4.79 Å². The van der Waals surface area contributed by atoms with Crippen molar-refractivity contribution < 1.29 is 9.53 Å². The fourth-order valence-corrected chi connectivity index (χ4v) is 3.61. The highest BCUT2D eigenvalue weighted by Gasteiger charge is 2.41. The maximum absolute atomic E-state index is 12.7. The highest BCUT2D eigenvalue weighted by Crippen LogP contribution is 2.44. The summed E-state index contributed by atoms with van der Waals surface area (Å²) < 4.78 is 6.33. The Hall–Kier alpha value is -1.35. The van der Waals surface area contributed by atoms with Crippen LogP contribution in [-0.4, -0.2) is 5.78 Å². The van der Waals surface area contributed by atoms with Crippen molar-refractivity contribution in [1.29, 1.82) is 0 Å². The molecule has 4 heteroatoms. The van der Waals surface area contributed by atoms with E-state index in [1.54, 1.807) is 0 Å². The van der Waals surface area contributed by atoms with Gasteiger partial charge in [-0.15, -0.1) is 0 Å². The largest absolute Gasteiger partial charge is 0.364 e. The number of ether oxygens (including phenoxy) is 1. The molecule has 1 aliphatic rings. The van der Waals surface area contributed by atoms with Crippen molar-refractivity contribution >= 4 is 29.0 Å². The molecule has 0 radical (unpaired) electrons. The Balaban J connectivity index is 1.97. The molecule has 2 aromatic rings. The number of carbonyl (C=O) groups excluding carboxylic acids is 1. The van der Waals surface area contributed by atoms with E-state index in [1.807, 2.05) is 62.4 Å². The van der Waals surface area contributed by atoms with Gasteiger partial charge in [0.1, 0.15) is 5.78 Å². The summed E-state index contributed by atoms with van der Waals surface area (Å²) >= 11 is 12.2. The average Bonchev–Trinajstić information content (AvgIpc) is 2.53. The third kappa shape index (κ3) is 3.30. The molecule has 0 aromatic heterocycles. The van der Waals surface area contributed by atoms with E-state index in [2.05, 4.69) is 0 Å². The Bertz CT molecular complexity index is 669. The summed E-state index contributed by atoms with van der Waals surface area (Å²) in [5, 5.41) is 1.28.